The maximum absolute atomic E-state index is 13.8. The van der Waals surface area contributed by atoms with Crippen LogP contribution in [0.5, 0.6) is 0 Å². The zero-order chi connectivity index (χ0) is 32.2. The SMILES string of the molecule is Cc1ccccc1NC(c1nc(Cc2ccccc2)c(N2CC(C)CC(C)C2)o1)C1CCC(C(c2ccc(F)cc2)N(C)C)CC1. The molecule has 1 saturated heterocycles. The third-order valence-electron chi connectivity index (χ3n) is 10.3. The van der Waals surface area contributed by atoms with E-state index in [0.717, 1.165) is 68.3 Å². The molecule has 4 aromatic rings. The van der Waals surface area contributed by atoms with Crippen molar-refractivity contribution in [1.82, 2.24) is 9.88 Å². The van der Waals surface area contributed by atoms with Crippen LogP contribution in [-0.4, -0.2) is 37.1 Å². The van der Waals surface area contributed by atoms with E-state index in [0.29, 0.717) is 23.7 Å². The van der Waals surface area contributed by atoms with E-state index in [4.69, 9.17) is 9.40 Å². The van der Waals surface area contributed by atoms with E-state index in [1.807, 2.05) is 12.1 Å². The quantitative estimate of drug-likeness (QED) is 0.191. The van der Waals surface area contributed by atoms with Crippen molar-refractivity contribution in [3.8, 4) is 0 Å². The maximum Gasteiger partial charge on any atom is 0.220 e. The van der Waals surface area contributed by atoms with Crippen molar-refractivity contribution < 1.29 is 8.81 Å². The molecule has 0 bridgehead atoms. The lowest BCUT2D eigenvalue weighted by molar-refractivity contribution is 0.139. The summed E-state index contributed by atoms with van der Waals surface area (Å²) in [6.45, 7) is 8.86. The molecule has 0 spiro atoms. The summed E-state index contributed by atoms with van der Waals surface area (Å²) in [5.74, 6) is 3.68. The standard InChI is InChI=1S/C40H51FN4O/c1-27-23-28(2)26-45(25-27)40-36(24-30-12-7-6-8-13-30)43-39(46-40)37(42-35-14-10-9-11-29(35)3)31-15-17-32(18-16-31)38(44(4)5)33-19-21-34(41)22-20-33/h6-14,19-22,27-28,31-32,37-38,42H,15-18,23-26H2,1-5H3. The van der Waals surface area contributed by atoms with Gasteiger partial charge in [-0.3, -0.25) is 0 Å². The van der Waals surface area contributed by atoms with Crippen molar-refractivity contribution in [3.63, 3.8) is 0 Å². The number of para-hydroxylation sites is 1. The molecule has 46 heavy (non-hydrogen) atoms. The molecule has 6 rings (SSSR count). The normalized spacial score (nSPS) is 23.3. The van der Waals surface area contributed by atoms with Crippen molar-refractivity contribution in [2.24, 2.45) is 23.7 Å². The van der Waals surface area contributed by atoms with Gasteiger partial charge in [-0.15, -0.1) is 0 Å². The molecule has 5 nitrogen and oxygen atoms in total. The van der Waals surface area contributed by atoms with Gasteiger partial charge in [0.05, 0.1) is 0 Å². The number of oxazole rings is 1. The van der Waals surface area contributed by atoms with Crippen molar-refractivity contribution in [2.75, 3.05) is 37.4 Å². The number of piperidine rings is 1. The molecule has 2 fully saturated rings. The average molecular weight is 623 g/mol. The minimum Gasteiger partial charge on any atom is -0.423 e. The fourth-order valence-electron chi connectivity index (χ4n) is 8.20. The average Bonchev–Trinajstić information content (AvgIpc) is 3.45. The van der Waals surface area contributed by atoms with Crippen LogP contribution >= 0.6 is 0 Å². The lowest BCUT2D eigenvalue weighted by Gasteiger charge is -2.39. The van der Waals surface area contributed by atoms with Crippen LogP contribution in [-0.2, 0) is 6.42 Å². The highest BCUT2D eigenvalue weighted by Gasteiger charge is 2.37. The Balaban J connectivity index is 1.31. The molecule has 0 amide bonds. The van der Waals surface area contributed by atoms with Crippen LogP contribution in [0.25, 0.3) is 0 Å². The Kier molecular flexibility index (Phi) is 10.1. The van der Waals surface area contributed by atoms with Gasteiger partial charge in [-0.1, -0.05) is 74.5 Å². The first-order chi connectivity index (χ1) is 22.2. The summed E-state index contributed by atoms with van der Waals surface area (Å²) in [5.41, 5.74) is 5.84. The molecule has 3 aromatic carbocycles. The summed E-state index contributed by atoms with van der Waals surface area (Å²) < 4.78 is 20.7. The van der Waals surface area contributed by atoms with Gasteiger partial charge in [0.15, 0.2) is 0 Å². The maximum atomic E-state index is 13.8. The van der Waals surface area contributed by atoms with E-state index in [1.54, 1.807) is 12.1 Å². The van der Waals surface area contributed by atoms with Gasteiger partial charge in [-0.05, 0) is 112 Å². The fourth-order valence-corrected chi connectivity index (χ4v) is 8.20. The zero-order valence-corrected chi connectivity index (χ0v) is 28.3. The minimum absolute atomic E-state index is 0.0337. The Morgan fingerprint density at radius 2 is 1.50 bits per heavy atom. The number of anilines is 2. The number of nitrogens with zero attached hydrogens (tertiary/aromatic N) is 3. The Morgan fingerprint density at radius 1 is 0.870 bits per heavy atom. The first kappa shape index (κ1) is 32.3. The molecule has 1 aromatic heterocycles. The number of aromatic nitrogens is 1. The van der Waals surface area contributed by atoms with Crippen molar-refractivity contribution in [3.05, 3.63) is 113 Å². The van der Waals surface area contributed by atoms with Crippen molar-refractivity contribution in [1.29, 1.82) is 0 Å². The van der Waals surface area contributed by atoms with Crippen LogP contribution in [0, 0.1) is 36.4 Å². The van der Waals surface area contributed by atoms with Crippen LogP contribution in [0.3, 0.4) is 0 Å². The summed E-state index contributed by atoms with van der Waals surface area (Å²) in [4.78, 5) is 10.1. The van der Waals surface area contributed by atoms with Gasteiger partial charge in [0.1, 0.15) is 17.6 Å². The zero-order valence-electron chi connectivity index (χ0n) is 28.3. The van der Waals surface area contributed by atoms with Crippen LogP contribution < -0.4 is 10.2 Å². The van der Waals surface area contributed by atoms with Gasteiger partial charge in [0.25, 0.3) is 0 Å². The summed E-state index contributed by atoms with van der Waals surface area (Å²) in [6.07, 6.45) is 6.35. The molecular weight excluding hydrogens is 571 g/mol. The van der Waals surface area contributed by atoms with E-state index >= 15 is 0 Å². The van der Waals surface area contributed by atoms with Crippen LogP contribution in [0.1, 0.15) is 86.3 Å². The Morgan fingerprint density at radius 3 is 2.15 bits per heavy atom. The molecule has 1 aliphatic carbocycles. The van der Waals surface area contributed by atoms with Crippen molar-refractivity contribution in [2.45, 2.75) is 71.4 Å². The second kappa shape index (κ2) is 14.4. The Bertz CT molecular complexity index is 1530. The number of hydrogen-bond acceptors (Lipinski definition) is 5. The third-order valence-corrected chi connectivity index (χ3v) is 10.3. The first-order valence-electron chi connectivity index (χ1n) is 17.3. The topological polar surface area (TPSA) is 44.5 Å². The van der Waals surface area contributed by atoms with Gasteiger partial charge in [-0.2, -0.15) is 0 Å². The van der Waals surface area contributed by atoms with Crippen molar-refractivity contribution >= 4 is 11.6 Å². The van der Waals surface area contributed by atoms with Gasteiger partial charge in [0.2, 0.25) is 11.8 Å². The van der Waals surface area contributed by atoms with E-state index in [9.17, 15) is 4.39 Å². The summed E-state index contributed by atoms with van der Waals surface area (Å²) in [7, 11) is 4.29. The molecule has 1 aliphatic heterocycles. The summed E-state index contributed by atoms with van der Waals surface area (Å²) >= 11 is 0. The van der Waals surface area contributed by atoms with E-state index in [-0.39, 0.29) is 17.9 Å². The molecule has 2 aliphatic rings. The highest BCUT2D eigenvalue weighted by Crippen LogP contribution is 2.45. The monoisotopic (exact) mass is 622 g/mol. The molecule has 4 unspecified atom stereocenters. The number of halogens is 1. The lowest BCUT2D eigenvalue weighted by atomic mass is 9.74. The van der Waals surface area contributed by atoms with Gasteiger partial charge in [0, 0.05) is 31.2 Å². The third kappa shape index (κ3) is 7.49. The molecule has 1 saturated carbocycles. The van der Waals surface area contributed by atoms with Crippen LogP contribution in [0.2, 0.25) is 0 Å². The minimum atomic E-state index is -0.180. The van der Waals surface area contributed by atoms with E-state index in [1.165, 1.54) is 23.1 Å². The van der Waals surface area contributed by atoms with Crippen LogP contribution in [0.4, 0.5) is 16.0 Å². The molecule has 2 heterocycles. The Labute approximate surface area is 275 Å². The molecule has 4 atom stereocenters. The second-order valence-electron chi connectivity index (χ2n) is 14.4. The number of nitrogens with one attached hydrogen (secondary N) is 1. The molecular formula is C40H51FN4O. The highest BCUT2D eigenvalue weighted by atomic mass is 19.1. The lowest BCUT2D eigenvalue weighted by Crippen LogP contribution is -2.39. The first-order valence-corrected chi connectivity index (χ1v) is 17.3. The Hall–Kier alpha value is -3.64. The smallest absolute Gasteiger partial charge is 0.220 e. The highest BCUT2D eigenvalue weighted by molar-refractivity contribution is 5.52. The molecule has 1 N–H and O–H groups in total. The molecule has 244 valence electrons. The number of benzene rings is 3. The number of hydrogen-bond donors (Lipinski definition) is 1. The van der Waals surface area contributed by atoms with Gasteiger partial charge in [-0.25, -0.2) is 9.37 Å². The molecule has 0 radical (unpaired) electrons. The summed E-state index contributed by atoms with van der Waals surface area (Å²) in [5, 5.41) is 3.94. The number of rotatable bonds is 10. The largest absolute Gasteiger partial charge is 0.423 e. The van der Waals surface area contributed by atoms with Gasteiger partial charge >= 0.3 is 0 Å². The fraction of sp³-hybridized carbons (Fsp3) is 0.475. The second-order valence-corrected chi connectivity index (χ2v) is 14.4. The van der Waals surface area contributed by atoms with Gasteiger partial charge < -0.3 is 19.5 Å². The summed E-state index contributed by atoms with van der Waals surface area (Å²) in [6, 6.07) is 26.5. The van der Waals surface area contributed by atoms with Crippen LogP contribution in [0.15, 0.2) is 83.3 Å². The van der Waals surface area contributed by atoms with E-state index < -0.39 is 0 Å². The molecule has 6 heteroatoms. The number of aryl methyl sites for hydroxylation is 1. The van der Waals surface area contributed by atoms with E-state index in [2.05, 4.69) is 105 Å². The predicted octanol–water partition coefficient (Wildman–Crippen LogP) is 9.46. The predicted molar refractivity (Wildman–Crippen MR) is 187 cm³/mol.